The van der Waals surface area contributed by atoms with Crippen molar-refractivity contribution in [2.45, 2.75) is 59.7 Å². The van der Waals surface area contributed by atoms with Gasteiger partial charge in [-0.3, -0.25) is 4.57 Å². The topological polar surface area (TPSA) is 106 Å². The van der Waals surface area contributed by atoms with Crippen LogP contribution in [0.5, 0.6) is 17.4 Å². The molecule has 0 N–H and O–H groups in total. The second kappa shape index (κ2) is 11.7. The quantitative estimate of drug-likeness (QED) is 0.196. The van der Waals surface area contributed by atoms with Crippen LogP contribution in [0.4, 0.5) is 13.2 Å². The van der Waals surface area contributed by atoms with E-state index in [0.717, 1.165) is 17.2 Å². The number of hydrogen-bond acceptors (Lipinski definition) is 8. The summed E-state index contributed by atoms with van der Waals surface area (Å²) < 4.78 is 65.7. The highest BCUT2D eigenvalue weighted by atomic mass is 19.4. The van der Waals surface area contributed by atoms with Gasteiger partial charge in [0.1, 0.15) is 18.1 Å². The fraction of sp³-hybridized carbons (Fsp3) is 0.310. The minimum atomic E-state index is -4.66. The van der Waals surface area contributed by atoms with Gasteiger partial charge in [0.15, 0.2) is 23.4 Å². The second-order valence-electron chi connectivity index (χ2n) is 9.55. The molecule has 5 aromatic rings. The van der Waals surface area contributed by atoms with E-state index in [0.29, 0.717) is 35.8 Å². The third kappa shape index (κ3) is 5.86. The molecule has 3 heterocycles. The number of nitrogens with zero attached hydrogens (tertiary/aromatic N) is 5. The highest BCUT2D eigenvalue weighted by Gasteiger charge is 2.38. The van der Waals surface area contributed by atoms with Gasteiger partial charge in [0.25, 0.3) is 0 Å². The highest BCUT2D eigenvalue weighted by molar-refractivity contribution is 5.94. The van der Waals surface area contributed by atoms with Crippen LogP contribution in [-0.4, -0.2) is 36.8 Å². The number of alkyl halides is 3. The first kappa shape index (κ1) is 28.9. The van der Waals surface area contributed by atoms with E-state index in [1.54, 1.807) is 32.9 Å². The van der Waals surface area contributed by atoms with E-state index < -0.39 is 18.0 Å². The van der Waals surface area contributed by atoms with Gasteiger partial charge in [-0.25, -0.2) is 9.78 Å². The molecule has 3 aromatic heterocycles. The van der Waals surface area contributed by atoms with Crippen LogP contribution >= 0.6 is 0 Å². The summed E-state index contributed by atoms with van der Waals surface area (Å²) in [4.78, 5) is 17.6. The average Bonchev–Trinajstić information content (AvgIpc) is 3.45. The van der Waals surface area contributed by atoms with E-state index in [9.17, 15) is 18.0 Å². The van der Waals surface area contributed by atoms with Gasteiger partial charge in [0, 0.05) is 25.7 Å². The minimum Gasteiger partial charge on any atom is -0.480 e. The van der Waals surface area contributed by atoms with Crippen molar-refractivity contribution in [2.75, 3.05) is 0 Å². The third-order valence-electron chi connectivity index (χ3n) is 6.55. The molecule has 0 amide bonds. The summed E-state index contributed by atoms with van der Waals surface area (Å²) in [5.41, 5.74) is 1.11. The van der Waals surface area contributed by atoms with Gasteiger partial charge in [0.05, 0.1) is 17.7 Å². The lowest BCUT2D eigenvalue weighted by Gasteiger charge is -2.20. The molecule has 0 aliphatic heterocycles. The first-order valence-electron chi connectivity index (χ1n) is 13.1. The van der Waals surface area contributed by atoms with E-state index in [2.05, 4.69) is 15.2 Å². The van der Waals surface area contributed by atoms with E-state index in [1.165, 1.54) is 16.8 Å². The maximum atomic E-state index is 13.6. The molecule has 2 aromatic carbocycles. The van der Waals surface area contributed by atoms with Gasteiger partial charge in [0.2, 0.25) is 5.88 Å². The lowest BCUT2D eigenvalue weighted by molar-refractivity contribution is -0.189. The van der Waals surface area contributed by atoms with Crippen LogP contribution in [0.3, 0.4) is 0 Å². The summed E-state index contributed by atoms with van der Waals surface area (Å²) in [6, 6.07) is 14.0. The minimum absolute atomic E-state index is 0.0146. The molecule has 0 bridgehead atoms. The Morgan fingerprint density at radius 1 is 1.07 bits per heavy atom. The van der Waals surface area contributed by atoms with Crippen molar-refractivity contribution in [3.63, 3.8) is 0 Å². The molecule has 0 spiro atoms. The second-order valence-corrected chi connectivity index (χ2v) is 9.55. The van der Waals surface area contributed by atoms with Crippen molar-refractivity contribution in [2.24, 2.45) is 0 Å². The van der Waals surface area contributed by atoms with Crippen LogP contribution in [0.15, 0.2) is 64.0 Å². The van der Waals surface area contributed by atoms with Crippen molar-refractivity contribution in [1.29, 1.82) is 0 Å². The smallest absolute Gasteiger partial charge is 0.425 e. The number of pyridine rings is 1. The van der Waals surface area contributed by atoms with Crippen molar-refractivity contribution in [3.8, 4) is 23.1 Å². The molecule has 0 saturated carbocycles. The number of aryl methyl sites for hydroxylation is 2. The Morgan fingerprint density at radius 3 is 2.50 bits per heavy atom. The molecule has 10 nitrogen and oxygen atoms in total. The molecular formula is C29H28F3N5O5. The maximum absolute atomic E-state index is 13.6. The molecule has 0 aliphatic carbocycles. The largest absolute Gasteiger partial charge is 0.480 e. The fourth-order valence-electron chi connectivity index (χ4n) is 4.36. The summed E-state index contributed by atoms with van der Waals surface area (Å²) in [6.45, 7) is 6.66. The zero-order chi connectivity index (χ0) is 30.0. The van der Waals surface area contributed by atoms with Crippen molar-refractivity contribution < 1.29 is 31.9 Å². The Bertz CT molecular complexity index is 1740. The predicted octanol–water partition coefficient (Wildman–Crippen LogP) is 6.05. The Morgan fingerprint density at radius 2 is 1.83 bits per heavy atom. The van der Waals surface area contributed by atoms with Crippen LogP contribution in [0, 0.1) is 13.8 Å². The molecule has 0 aliphatic rings. The molecule has 0 unspecified atom stereocenters. The van der Waals surface area contributed by atoms with Crippen LogP contribution < -0.4 is 15.2 Å². The molecule has 1 atom stereocenters. The Balaban J connectivity index is 1.57. The number of hydrogen-bond donors (Lipinski definition) is 0. The molecular weight excluding hydrogens is 555 g/mol. The summed E-state index contributed by atoms with van der Waals surface area (Å²) in [7, 11) is 0. The van der Waals surface area contributed by atoms with Gasteiger partial charge < -0.3 is 18.7 Å². The standard InChI is InChI=1S/C29H28F3N5O5/c1-5-36-24(16-39-15-20-9-7-6-8-10-20)34-37(28(36)38)22-13-21-11-12-33-27(41-26-17(2)35-42-18(26)3)25(21)23(14-22)40-19(4)29(30,31)32/h6-14,19H,5,15-16H2,1-4H3/t19-/m0/s1. The van der Waals surface area contributed by atoms with E-state index in [-0.39, 0.29) is 35.1 Å². The number of fused-ring (bicyclic) bond motifs is 1. The molecule has 0 fully saturated rings. The summed E-state index contributed by atoms with van der Waals surface area (Å²) >= 11 is 0. The van der Waals surface area contributed by atoms with E-state index >= 15 is 0 Å². The molecule has 13 heteroatoms. The van der Waals surface area contributed by atoms with Crippen LogP contribution in [0.1, 0.15) is 36.7 Å². The molecule has 220 valence electrons. The highest BCUT2D eigenvalue weighted by Crippen LogP contribution is 2.39. The monoisotopic (exact) mass is 583 g/mol. The SMILES string of the molecule is CCn1c(COCc2ccccc2)nn(-c2cc(O[C@@H](C)C(F)(F)F)c3c(Oc4c(C)noc4C)nccc3c2)c1=O. The Kier molecular flexibility index (Phi) is 8.03. The lowest BCUT2D eigenvalue weighted by atomic mass is 10.1. The summed E-state index contributed by atoms with van der Waals surface area (Å²) in [5, 5.41) is 8.89. The molecule has 0 radical (unpaired) electrons. The number of ether oxygens (including phenoxy) is 3. The predicted molar refractivity (Wildman–Crippen MR) is 146 cm³/mol. The first-order chi connectivity index (χ1) is 20.1. The molecule has 5 rings (SSSR count). The van der Waals surface area contributed by atoms with Crippen LogP contribution in [0.2, 0.25) is 0 Å². The number of aromatic nitrogens is 5. The van der Waals surface area contributed by atoms with Crippen LogP contribution in [-0.2, 0) is 24.5 Å². The van der Waals surface area contributed by atoms with Gasteiger partial charge in [-0.2, -0.15) is 17.9 Å². The van der Waals surface area contributed by atoms with Gasteiger partial charge >= 0.3 is 11.9 Å². The van der Waals surface area contributed by atoms with Gasteiger partial charge in [-0.1, -0.05) is 35.5 Å². The van der Waals surface area contributed by atoms with E-state index in [1.807, 2.05) is 30.3 Å². The summed E-state index contributed by atoms with van der Waals surface area (Å²) in [6.07, 6.45) is -5.39. The third-order valence-corrected chi connectivity index (χ3v) is 6.55. The molecule has 42 heavy (non-hydrogen) atoms. The first-order valence-corrected chi connectivity index (χ1v) is 13.1. The van der Waals surface area contributed by atoms with Crippen LogP contribution in [0.25, 0.3) is 16.5 Å². The fourth-order valence-corrected chi connectivity index (χ4v) is 4.36. The number of halogens is 3. The maximum Gasteiger partial charge on any atom is 0.425 e. The van der Waals surface area contributed by atoms with Gasteiger partial charge in [-0.05, 0) is 43.9 Å². The van der Waals surface area contributed by atoms with Crippen molar-refractivity contribution >= 4 is 10.8 Å². The van der Waals surface area contributed by atoms with Gasteiger partial charge in [-0.15, -0.1) is 5.10 Å². The average molecular weight is 584 g/mol. The Hall–Kier alpha value is -4.65. The zero-order valence-corrected chi connectivity index (χ0v) is 23.3. The lowest BCUT2D eigenvalue weighted by Crippen LogP contribution is -2.31. The van der Waals surface area contributed by atoms with Crippen molar-refractivity contribution in [1.82, 2.24) is 24.5 Å². The molecule has 0 saturated heterocycles. The van der Waals surface area contributed by atoms with E-state index in [4.69, 9.17) is 18.7 Å². The number of rotatable bonds is 10. The Labute approximate surface area is 238 Å². The van der Waals surface area contributed by atoms with Crippen molar-refractivity contribution in [3.05, 3.63) is 88.1 Å². The zero-order valence-electron chi connectivity index (χ0n) is 23.3. The number of benzene rings is 2. The normalized spacial score (nSPS) is 12.5. The summed E-state index contributed by atoms with van der Waals surface area (Å²) in [5.74, 6) is 0.808.